The van der Waals surface area contributed by atoms with Crippen LogP contribution in [0.1, 0.15) is 23.3 Å². The van der Waals surface area contributed by atoms with Crippen LogP contribution in [0.5, 0.6) is 5.75 Å². The van der Waals surface area contributed by atoms with Crippen LogP contribution in [0.15, 0.2) is 18.3 Å². The summed E-state index contributed by atoms with van der Waals surface area (Å²) in [4.78, 5) is 18.1. The molecule has 0 aromatic carbocycles. The molecule has 23 heavy (non-hydrogen) atoms. The number of carbonyl (C=O) groups is 1. The zero-order valence-electron chi connectivity index (χ0n) is 12.8. The molecular formula is C15H19F3N2O3. The molecule has 1 aliphatic heterocycles. The maximum absolute atomic E-state index is 12.6. The predicted molar refractivity (Wildman–Crippen MR) is 76.3 cm³/mol. The summed E-state index contributed by atoms with van der Waals surface area (Å²) in [6, 6.07) is 2.76. The van der Waals surface area contributed by atoms with Gasteiger partial charge in [-0.05, 0) is 30.9 Å². The average Bonchev–Trinajstić information content (AvgIpc) is 2.52. The molecule has 1 amide bonds. The summed E-state index contributed by atoms with van der Waals surface area (Å²) in [5.41, 5.74) is -0.0881. The Morgan fingerprint density at radius 2 is 2.26 bits per heavy atom. The molecule has 1 aliphatic rings. The lowest BCUT2D eigenvalue weighted by atomic mass is 9.98. The van der Waals surface area contributed by atoms with E-state index < -0.39 is 18.7 Å². The van der Waals surface area contributed by atoms with Crippen molar-refractivity contribution in [3.63, 3.8) is 0 Å². The van der Waals surface area contributed by atoms with Crippen molar-refractivity contribution in [2.24, 2.45) is 5.92 Å². The zero-order chi connectivity index (χ0) is 16.9. The fourth-order valence-electron chi connectivity index (χ4n) is 2.60. The number of likely N-dealkylation sites (tertiary alicyclic amines) is 1. The smallest absolute Gasteiger partial charge is 0.422 e. The summed E-state index contributed by atoms with van der Waals surface area (Å²) in [6.07, 6.45) is -1.32. The number of halogens is 3. The molecule has 128 valence electrons. The van der Waals surface area contributed by atoms with Crippen molar-refractivity contribution in [3.05, 3.63) is 24.0 Å². The minimum Gasteiger partial charge on any atom is -0.482 e. The van der Waals surface area contributed by atoms with Crippen molar-refractivity contribution in [3.8, 4) is 5.75 Å². The van der Waals surface area contributed by atoms with Gasteiger partial charge >= 0.3 is 6.18 Å². The van der Waals surface area contributed by atoms with E-state index in [0.29, 0.717) is 19.7 Å². The highest BCUT2D eigenvalue weighted by atomic mass is 19.4. The number of pyridine rings is 1. The summed E-state index contributed by atoms with van der Waals surface area (Å²) in [6.45, 7) is 0.144. The van der Waals surface area contributed by atoms with Crippen molar-refractivity contribution in [1.82, 2.24) is 9.88 Å². The number of piperidine rings is 1. The number of alkyl halides is 3. The molecule has 0 bridgehead atoms. The van der Waals surface area contributed by atoms with E-state index in [0.717, 1.165) is 12.8 Å². The standard InChI is InChI=1S/C15H19F3N2O3/c1-22-9-11-4-3-7-20(8-11)14(21)13-12(5-2-6-19-13)23-10-15(16,17)18/h2,5-6,11H,3-4,7-10H2,1H3. The van der Waals surface area contributed by atoms with Gasteiger partial charge in [0.25, 0.3) is 5.91 Å². The zero-order valence-corrected chi connectivity index (χ0v) is 12.8. The molecule has 2 heterocycles. The topological polar surface area (TPSA) is 51.7 Å². The van der Waals surface area contributed by atoms with E-state index in [9.17, 15) is 18.0 Å². The quantitative estimate of drug-likeness (QED) is 0.831. The number of methoxy groups -OCH3 is 1. The number of hydrogen-bond acceptors (Lipinski definition) is 4. The first-order valence-corrected chi connectivity index (χ1v) is 7.33. The Bertz CT molecular complexity index is 535. The molecule has 8 heteroatoms. The molecule has 1 aromatic rings. The van der Waals surface area contributed by atoms with Gasteiger partial charge in [-0.1, -0.05) is 0 Å². The van der Waals surface area contributed by atoms with Crippen LogP contribution in [0.3, 0.4) is 0 Å². The summed E-state index contributed by atoms with van der Waals surface area (Å²) < 4.78 is 46.8. The van der Waals surface area contributed by atoms with Crippen LogP contribution in [-0.2, 0) is 4.74 Å². The summed E-state index contributed by atoms with van der Waals surface area (Å²) in [7, 11) is 1.60. The molecule has 0 saturated carbocycles. The lowest BCUT2D eigenvalue weighted by Gasteiger charge is -2.32. The monoisotopic (exact) mass is 332 g/mol. The number of aromatic nitrogens is 1. The Balaban J connectivity index is 2.09. The molecular weight excluding hydrogens is 313 g/mol. The number of rotatable bonds is 5. The summed E-state index contributed by atoms with van der Waals surface area (Å²) >= 11 is 0. The van der Waals surface area contributed by atoms with Gasteiger partial charge in [-0.2, -0.15) is 13.2 Å². The van der Waals surface area contributed by atoms with E-state index in [1.54, 1.807) is 12.0 Å². The average molecular weight is 332 g/mol. The second kappa shape index (κ2) is 7.63. The number of hydrogen-bond donors (Lipinski definition) is 0. The number of nitrogens with zero attached hydrogens (tertiary/aromatic N) is 2. The molecule has 0 radical (unpaired) electrons. The molecule has 1 atom stereocenters. The van der Waals surface area contributed by atoms with Gasteiger partial charge in [0.1, 0.15) is 0 Å². The van der Waals surface area contributed by atoms with Gasteiger partial charge in [0.05, 0.1) is 6.61 Å². The first kappa shape index (κ1) is 17.5. The van der Waals surface area contributed by atoms with Gasteiger partial charge in [-0.25, -0.2) is 4.98 Å². The Kier molecular flexibility index (Phi) is 5.81. The lowest BCUT2D eigenvalue weighted by molar-refractivity contribution is -0.153. The van der Waals surface area contributed by atoms with Crippen LogP contribution in [0.4, 0.5) is 13.2 Å². The van der Waals surface area contributed by atoms with Crippen LogP contribution >= 0.6 is 0 Å². The minimum absolute atomic E-state index is 0.0881. The number of amides is 1. The van der Waals surface area contributed by atoms with E-state index in [1.807, 2.05) is 0 Å². The molecule has 0 N–H and O–H groups in total. The second-order valence-electron chi connectivity index (χ2n) is 5.47. The van der Waals surface area contributed by atoms with Crippen LogP contribution in [-0.4, -0.2) is 55.4 Å². The second-order valence-corrected chi connectivity index (χ2v) is 5.47. The Hall–Kier alpha value is -1.83. The van der Waals surface area contributed by atoms with E-state index in [4.69, 9.17) is 9.47 Å². The van der Waals surface area contributed by atoms with Gasteiger partial charge in [-0.3, -0.25) is 4.79 Å². The molecule has 2 rings (SSSR count). The van der Waals surface area contributed by atoms with Crippen LogP contribution in [0, 0.1) is 5.92 Å². The SMILES string of the molecule is COCC1CCCN(C(=O)c2ncccc2OCC(F)(F)F)C1. The van der Waals surface area contributed by atoms with Gasteiger partial charge < -0.3 is 14.4 Å². The third kappa shape index (κ3) is 5.09. The third-order valence-electron chi connectivity index (χ3n) is 3.57. The first-order valence-electron chi connectivity index (χ1n) is 7.33. The van der Waals surface area contributed by atoms with Gasteiger partial charge in [0, 0.05) is 26.4 Å². The lowest BCUT2D eigenvalue weighted by Crippen LogP contribution is -2.41. The van der Waals surface area contributed by atoms with Crippen LogP contribution < -0.4 is 4.74 Å². The maximum Gasteiger partial charge on any atom is 0.422 e. The van der Waals surface area contributed by atoms with Gasteiger partial charge in [-0.15, -0.1) is 0 Å². The maximum atomic E-state index is 12.6. The molecule has 5 nitrogen and oxygen atoms in total. The molecule has 1 saturated heterocycles. The fraction of sp³-hybridized carbons (Fsp3) is 0.600. The molecule has 1 fully saturated rings. The third-order valence-corrected chi connectivity index (χ3v) is 3.57. The first-order chi connectivity index (χ1) is 10.9. The normalized spacial score (nSPS) is 18.8. The van der Waals surface area contributed by atoms with Gasteiger partial charge in [0.15, 0.2) is 18.1 Å². The van der Waals surface area contributed by atoms with Crippen molar-refractivity contribution in [2.45, 2.75) is 19.0 Å². The summed E-state index contributed by atoms with van der Waals surface area (Å²) in [5, 5.41) is 0. The van der Waals surface area contributed by atoms with Crippen molar-refractivity contribution in [2.75, 3.05) is 33.4 Å². The van der Waals surface area contributed by atoms with E-state index in [1.165, 1.54) is 18.3 Å². The minimum atomic E-state index is -4.47. The van der Waals surface area contributed by atoms with Crippen LogP contribution in [0.2, 0.25) is 0 Å². The fourth-order valence-corrected chi connectivity index (χ4v) is 2.60. The van der Waals surface area contributed by atoms with E-state index in [2.05, 4.69) is 4.98 Å². The molecule has 1 unspecified atom stereocenters. The Labute approximate surface area is 132 Å². The molecule has 0 aliphatic carbocycles. The van der Waals surface area contributed by atoms with Crippen molar-refractivity contribution >= 4 is 5.91 Å². The number of carbonyl (C=O) groups excluding carboxylic acids is 1. The largest absolute Gasteiger partial charge is 0.482 e. The highest BCUT2D eigenvalue weighted by Gasteiger charge is 2.31. The number of ether oxygens (including phenoxy) is 2. The Morgan fingerprint density at radius 1 is 1.48 bits per heavy atom. The highest BCUT2D eigenvalue weighted by molar-refractivity contribution is 5.95. The van der Waals surface area contributed by atoms with E-state index >= 15 is 0 Å². The summed E-state index contributed by atoms with van der Waals surface area (Å²) in [5.74, 6) is -0.340. The van der Waals surface area contributed by atoms with Crippen LogP contribution in [0.25, 0.3) is 0 Å². The van der Waals surface area contributed by atoms with Gasteiger partial charge in [0.2, 0.25) is 0 Å². The van der Waals surface area contributed by atoms with Crippen molar-refractivity contribution < 1.29 is 27.4 Å². The predicted octanol–water partition coefficient (Wildman–Crippen LogP) is 2.52. The van der Waals surface area contributed by atoms with Crippen molar-refractivity contribution in [1.29, 1.82) is 0 Å². The Morgan fingerprint density at radius 3 is 2.96 bits per heavy atom. The highest BCUT2D eigenvalue weighted by Crippen LogP contribution is 2.24. The molecule has 0 spiro atoms. The van der Waals surface area contributed by atoms with E-state index in [-0.39, 0.29) is 17.4 Å². The molecule has 1 aromatic heterocycles.